The zero-order valence-electron chi connectivity index (χ0n) is 17.9. The molecule has 0 saturated heterocycles. The SMILES string of the molecule is COc1ccc2c(n1)n(C)c(=O)n2C[C@H]1CC[C@H](NC(=O)c2cc(Cl)cnc2C)CC1. The molecule has 164 valence electrons. The first-order valence-electron chi connectivity index (χ1n) is 10.4. The van der Waals surface area contributed by atoms with Gasteiger partial charge in [-0.15, -0.1) is 0 Å². The Morgan fingerprint density at radius 3 is 2.74 bits per heavy atom. The predicted octanol–water partition coefficient (Wildman–Crippen LogP) is 3.09. The fourth-order valence-electron chi connectivity index (χ4n) is 4.29. The van der Waals surface area contributed by atoms with E-state index in [1.807, 2.05) is 6.07 Å². The van der Waals surface area contributed by atoms with E-state index in [4.69, 9.17) is 16.3 Å². The van der Waals surface area contributed by atoms with Gasteiger partial charge in [0.15, 0.2) is 5.65 Å². The number of ether oxygens (including phenoxy) is 1. The highest BCUT2D eigenvalue weighted by atomic mass is 35.5. The van der Waals surface area contributed by atoms with Crippen LogP contribution < -0.4 is 15.7 Å². The van der Waals surface area contributed by atoms with Crippen LogP contribution in [0.15, 0.2) is 29.2 Å². The van der Waals surface area contributed by atoms with E-state index in [2.05, 4.69) is 15.3 Å². The number of fused-ring (bicyclic) bond motifs is 1. The molecule has 8 nitrogen and oxygen atoms in total. The molecule has 0 spiro atoms. The van der Waals surface area contributed by atoms with Crippen LogP contribution >= 0.6 is 11.6 Å². The second-order valence-electron chi connectivity index (χ2n) is 8.13. The van der Waals surface area contributed by atoms with E-state index < -0.39 is 0 Å². The van der Waals surface area contributed by atoms with E-state index >= 15 is 0 Å². The fourth-order valence-corrected chi connectivity index (χ4v) is 4.45. The number of aromatic nitrogens is 4. The summed E-state index contributed by atoms with van der Waals surface area (Å²) in [6, 6.07) is 5.42. The van der Waals surface area contributed by atoms with Gasteiger partial charge >= 0.3 is 5.69 Å². The van der Waals surface area contributed by atoms with Gasteiger partial charge in [-0.2, -0.15) is 4.98 Å². The van der Waals surface area contributed by atoms with Crippen LogP contribution in [0.4, 0.5) is 0 Å². The molecule has 1 amide bonds. The van der Waals surface area contributed by atoms with E-state index in [1.165, 1.54) is 0 Å². The number of hydrogen-bond donors (Lipinski definition) is 1. The van der Waals surface area contributed by atoms with Gasteiger partial charge in [-0.25, -0.2) is 4.79 Å². The number of nitrogens with one attached hydrogen (secondary N) is 1. The van der Waals surface area contributed by atoms with Crippen LogP contribution in [0.1, 0.15) is 41.7 Å². The molecule has 0 bridgehead atoms. The quantitative estimate of drug-likeness (QED) is 0.654. The van der Waals surface area contributed by atoms with Crippen LogP contribution in [-0.2, 0) is 13.6 Å². The normalized spacial score (nSPS) is 18.8. The van der Waals surface area contributed by atoms with Crippen molar-refractivity contribution >= 4 is 28.7 Å². The van der Waals surface area contributed by atoms with Crippen molar-refractivity contribution in [2.75, 3.05) is 7.11 Å². The summed E-state index contributed by atoms with van der Waals surface area (Å²) in [7, 11) is 3.29. The van der Waals surface area contributed by atoms with Crippen molar-refractivity contribution in [2.45, 2.75) is 45.2 Å². The summed E-state index contributed by atoms with van der Waals surface area (Å²) in [5.41, 5.74) is 2.54. The third kappa shape index (κ3) is 4.30. The van der Waals surface area contributed by atoms with Crippen molar-refractivity contribution < 1.29 is 9.53 Å². The molecule has 1 fully saturated rings. The summed E-state index contributed by atoms with van der Waals surface area (Å²) in [5.74, 6) is 0.719. The zero-order valence-corrected chi connectivity index (χ0v) is 18.6. The standard InChI is InChI=1S/C22H26ClN5O3/c1-13-17(10-15(23)11-24-13)21(29)25-16-6-4-14(5-7-16)12-28-18-8-9-19(31-3)26-20(18)27(2)22(28)30/h8-11,14,16H,4-7,12H2,1-3H3,(H,25,29)/t14-,16-. The maximum Gasteiger partial charge on any atom is 0.330 e. The number of nitrogens with zero attached hydrogens (tertiary/aromatic N) is 4. The largest absolute Gasteiger partial charge is 0.481 e. The first-order chi connectivity index (χ1) is 14.9. The summed E-state index contributed by atoms with van der Waals surface area (Å²) in [4.78, 5) is 34.0. The molecule has 0 radical (unpaired) electrons. The first kappa shape index (κ1) is 21.4. The molecule has 1 N–H and O–H groups in total. The van der Waals surface area contributed by atoms with E-state index in [0.29, 0.717) is 40.3 Å². The molecule has 0 atom stereocenters. The van der Waals surface area contributed by atoms with Crippen LogP contribution in [0.5, 0.6) is 5.88 Å². The van der Waals surface area contributed by atoms with Crippen molar-refractivity contribution in [1.82, 2.24) is 24.4 Å². The van der Waals surface area contributed by atoms with Gasteiger partial charge in [-0.1, -0.05) is 11.6 Å². The lowest BCUT2D eigenvalue weighted by atomic mass is 9.85. The number of halogens is 1. The van der Waals surface area contributed by atoms with Crippen LogP contribution in [0.2, 0.25) is 5.02 Å². The van der Waals surface area contributed by atoms with Gasteiger partial charge in [-0.05, 0) is 50.7 Å². The van der Waals surface area contributed by atoms with Gasteiger partial charge in [-0.3, -0.25) is 18.9 Å². The van der Waals surface area contributed by atoms with Crippen LogP contribution in [0, 0.1) is 12.8 Å². The number of imidazole rings is 1. The Morgan fingerprint density at radius 2 is 2.03 bits per heavy atom. The molecule has 3 aromatic rings. The van der Waals surface area contributed by atoms with Gasteiger partial charge < -0.3 is 10.1 Å². The second kappa shape index (κ2) is 8.70. The lowest BCUT2D eigenvalue weighted by Gasteiger charge is -2.29. The maximum atomic E-state index is 12.8. The van der Waals surface area contributed by atoms with Crippen molar-refractivity contribution in [3.63, 3.8) is 0 Å². The Kier molecular flexibility index (Phi) is 6.00. The molecule has 31 heavy (non-hydrogen) atoms. The summed E-state index contributed by atoms with van der Waals surface area (Å²) in [5, 5.41) is 3.56. The Bertz CT molecular complexity index is 1180. The minimum atomic E-state index is -0.138. The molecule has 3 heterocycles. The highest BCUT2D eigenvalue weighted by molar-refractivity contribution is 6.30. The van der Waals surface area contributed by atoms with E-state index in [0.717, 1.165) is 31.2 Å². The number of amides is 1. The minimum Gasteiger partial charge on any atom is -0.481 e. The number of methoxy groups -OCH3 is 1. The maximum absolute atomic E-state index is 12.8. The average Bonchev–Trinajstić information content (AvgIpc) is 3.01. The molecule has 1 saturated carbocycles. The second-order valence-corrected chi connectivity index (χ2v) is 8.56. The van der Waals surface area contributed by atoms with Crippen molar-refractivity contribution in [3.05, 3.63) is 51.2 Å². The molecule has 9 heteroatoms. The summed E-state index contributed by atoms with van der Waals surface area (Å²) < 4.78 is 8.54. The van der Waals surface area contributed by atoms with Crippen molar-refractivity contribution in [3.8, 4) is 5.88 Å². The van der Waals surface area contributed by atoms with Gasteiger partial charge in [0.05, 0.1) is 28.9 Å². The molecular formula is C22H26ClN5O3. The number of hydrogen-bond acceptors (Lipinski definition) is 5. The van der Waals surface area contributed by atoms with Crippen LogP contribution in [0.3, 0.4) is 0 Å². The zero-order chi connectivity index (χ0) is 22.1. The Labute approximate surface area is 185 Å². The van der Waals surface area contributed by atoms with E-state index in [1.54, 1.807) is 48.5 Å². The van der Waals surface area contributed by atoms with E-state index in [9.17, 15) is 9.59 Å². The van der Waals surface area contributed by atoms with E-state index in [-0.39, 0.29) is 17.6 Å². The smallest absolute Gasteiger partial charge is 0.330 e. The Balaban J connectivity index is 1.41. The predicted molar refractivity (Wildman–Crippen MR) is 119 cm³/mol. The topological polar surface area (TPSA) is 91.0 Å². The number of carbonyl (C=O) groups excluding carboxylic acids is 1. The number of pyridine rings is 2. The van der Waals surface area contributed by atoms with Crippen molar-refractivity contribution in [2.24, 2.45) is 13.0 Å². The third-order valence-corrected chi connectivity index (χ3v) is 6.29. The van der Waals surface area contributed by atoms with Gasteiger partial charge in [0.1, 0.15) is 0 Å². The molecule has 3 aromatic heterocycles. The number of rotatable bonds is 5. The Morgan fingerprint density at radius 1 is 1.29 bits per heavy atom. The van der Waals surface area contributed by atoms with Gasteiger partial charge in [0.25, 0.3) is 5.91 Å². The lowest BCUT2D eigenvalue weighted by molar-refractivity contribution is 0.0919. The minimum absolute atomic E-state index is 0.0740. The monoisotopic (exact) mass is 443 g/mol. The number of aryl methyl sites for hydroxylation is 2. The molecule has 0 aromatic carbocycles. The molecule has 4 rings (SSSR count). The fraction of sp³-hybridized carbons (Fsp3) is 0.455. The lowest BCUT2D eigenvalue weighted by Crippen LogP contribution is -2.39. The molecular weight excluding hydrogens is 418 g/mol. The van der Waals surface area contributed by atoms with Crippen LogP contribution in [0.25, 0.3) is 11.2 Å². The molecule has 0 unspecified atom stereocenters. The third-order valence-electron chi connectivity index (χ3n) is 6.09. The van der Waals surface area contributed by atoms with Gasteiger partial charge in [0, 0.05) is 31.9 Å². The van der Waals surface area contributed by atoms with Crippen molar-refractivity contribution in [1.29, 1.82) is 0 Å². The van der Waals surface area contributed by atoms with Gasteiger partial charge in [0.2, 0.25) is 5.88 Å². The van der Waals surface area contributed by atoms with Crippen LogP contribution in [-0.4, -0.2) is 38.2 Å². The number of carbonyl (C=O) groups is 1. The highest BCUT2D eigenvalue weighted by Gasteiger charge is 2.25. The summed E-state index contributed by atoms with van der Waals surface area (Å²) in [6.45, 7) is 2.44. The molecule has 0 aliphatic heterocycles. The summed E-state index contributed by atoms with van der Waals surface area (Å²) >= 11 is 5.99. The Hall–Kier alpha value is -2.87. The molecule has 1 aliphatic carbocycles. The highest BCUT2D eigenvalue weighted by Crippen LogP contribution is 2.27. The average molecular weight is 444 g/mol. The first-order valence-corrected chi connectivity index (χ1v) is 10.8. The summed E-state index contributed by atoms with van der Waals surface area (Å²) in [6.07, 6.45) is 5.15. The molecule has 1 aliphatic rings.